The van der Waals surface area contributed by atoms with E-state index < -0.39 is 0 Å². The molecule has 0 heterocycles. The van der Waals surface area contributed by atoms with Crippen LogP contribution in [0.3, 0.4) is 0 Å². The van der Waals surface area contributed by atoms with E-state index in [1.807, 2.05) is 0 Å². The molecule has 1 amide bonds. The van der Waals surface area contributed by atoms with Gasteiger partial charge in [-0.05, 0) is 67.6 Å². The molecule has 3 N–H and O–H groups in total. The molecule has 0 aromatic carbocycles. The molecule has 2 atom stereocenters. The lowest BCUT2D eigenvalue weighted by atomic mass is 9.49. The van der Waals surface area contributed by atoms with E-state index in [1.54, 1.807) is 0 Å². The van der Waals surface area contributed by atoms with Crippen molar-refractivity contribution in [1.29, 1.82) is 0 Å². The first-order valence-corrected chi connectivity index (χ1v) is 8.54. The number of carbonyl (C=O) groups excluding carboxylic acids is 1. The fraction of sp³-hybridized carbons (Fsp3) is 0.941. The normalized spacial score (nSPS) is 41.5. The van der Waals surface area contributed by atoms with Gasteiger partial charge in [0.1, 0.15) is 0 Å². The number of hydrogen-bond donors (Lipinski definition) is 2. The van der Waals surface area contributed by atoms with Crippen LogP contribution >= 0.6 is 0 Å². The molecule has 4 saturated carbocycles. The van der Waals surface area contributed by atoms with Gasteiger partial charge >= 0.3 is 0 Å². The molecule has 4 fully saturated rings. The molecule has 3 heteroatoms. The zero-order chi connectivity index (χ0) is 14.3. The highest BCUT2D eigenvalue weighted by molar-refractivity contribution is 5.81. The minimum absolute atomic E-state index is 0.0649. The molecule has 0 radical (unpaired) electrons. The van der Waals surface area contributed by atoms with Gasteiger partial charge < -0.3 is 11.1 Å². The lowest BCUT2D eigenvalue weighted by Crippen LogP contribution is -2.53. The van der Waals surface area contributed by atoms with Crippen LogP contribution in [0.2, 0.25) is 0 Å². The van der Waals surface area contributed by atoms with Crippen LogP contribution in [0.25, 0.3) is 0 Å². The summed E-state index contributed by atoms with van der Waals surface area (Å²) in [6, 6.07) is -0.339. The van der Waals surface area contributed by atoms with Crippen molar-refractivity contribution in [3.05, 3.63) is 0 Å². The molecule has 4 aliphatic carbocycles. The van der Waals surface area contributed by atoms with E-state index in [4.69, 9.17) is 5.73 Å². The van der Waals surface area contributed by atoms with Crippen LogP contribution in [0.15, 0.2) is 0 Å². The molecular weight excluding hydrogens is 248 g/mol. The van der Waals surface area contributed by atoms with Crippen LogP contribution in [-0.2, 0) is 4.79 Å². The van der Waals surface area contributed by atoms with Gasteiger partial charge in [0.15, 0.2) is 0 Å². The van der Waals surface area contributed by atoms with Crippen molar-refractivity contribution in [2.75, 3.05) is 6.54 Å². The van der Waals surface area contributed by atoms with E-state index in [-0.39, 0.29) is 17.9 Å². The minimum atomic E-state index is -0.339. The van der Waals surface area contributed by atoms with Gasteiger partial charge in [-0.3, -0.25) is 4.79 Å². The van der Waals surface area contributed by atoms with Crippen molar-refractivity contribution < 1.29 is 4.79 Å². The van der Waals surface area contributed by atoms with Crippen molar-refractivity contribution in [2.24, 2.45) is 34.8 Å². The number of nitrogens with one attached hydrogen (secondary N) is 1. The Bertz CT molecular complexity index is 344. The molecule has 3 nitrogen and oxygen atoms in total. The number of rotatable bonds is 5. The predicted octanol–water partition coefficient (Wildman–Crippen LogP) is 2.69. The van der Waals surface area contributed by atoms with E-state index >= 15 is 0 Å². The summed E-state index contributed by atoms with van der Waals surface area (Å²) in [5, 5.41) is 3.19. The quantitative estimate of drug-likeness (QED) is 0.812. The van der Waals surface area contributed by atoms with Gasteiger partial charge in [-0.25, -0.2) is 0 Å². The number of carbonyl (C=O) groups is 1. The van der Waals surface area contributed by atoms with Gasteiger partial charge in [-0.15, -0.1) is 0 Å². The topological polar surface area (TPSA) is 55.1 Å². The SMILES string of the molecule is CC[C@H](C)[C@H](N)C(=O)NCC12CC3CC(CC(C3)C1)C2. The molecule has 4 rings (SSSR count). The Kier molecular flexibility index (Phi) is 3.83. The summed E-state index contributed by atoms with van der Waals surface area (Å²) < 4.78 is 0. The summed E-state index contributed by atoms with van der Waals surface area (Å²) in [7, 11) is 0. The smallest absolute Gasteiger partial charge is 0.237 e. The second-order valence-corrected chi connectivity index (χ2v) is 8.05. The standard InChI is InChI=1S/C17H30N2O/c1-3-11(2)15(18)16(20)19-10-17-7-12-4-13(8-17)6-14(5-12)9-17/h11-15H,3-10,18H2,1-2H3,(H,19,20)/t11-,12?,13?,14?,15-,17?/m0/s1. The Labute approximate surface area is 123 Å². The third-order valence-electron chi connectivity index (χ3n) is 6.36. The first kappa shape index (κ1) is 14.4. The van der Waals surface area contributed by atoms with Crippen LogP contribution < -0.4 is 11.1 Å². The fourth-order valence-electron chi connectivity index (χ4n) is 5.41. The molecule has 4 bridgehead atoms. The summed E-state index contributed by atoms with van der Waals surface area (Å²) >= 11 is 0. The molecule has 0 unspecified atom stereocenters. The average molecular weight is 278 g/mol. The highest BCUT2D eigenvalue weighted by Crippen LogP contribution is 2.59. The Morgan fingerprint density at radius 2 is 1.70 bits per heavy atom. The minimum Gasteiger partial charge on any atom is -0.354 e. The van der Waals surface area contributed by atoms with Crippen LogP contribution in [0.1, 0.15) is 58.8 Å². The molecule has 0 spiro atoms. The third kappa shape index (κ3) is 2.61. The Balaban J connectivity index is 1.57. The molecule has 0 aromatic heterocycles. The van der Waals surface area contributed by atoms with E-state index in [0.29, 0.717) is 5.41 Å². The van der Waals surface area contributed by atoms with Gasteiger partial charge in [-0.2, -0.15) is 0 Å². The summed E-state index contributed by atoms with van der Waals surface area (Å²) in [5.74, 6) is 3.17. The first-order chi connectivity index (χ1) is 9.51. The molecule has 114 valence electrons. The maximum absolute atomic E-state index is 12.2. The molecule has 4 aliphatic rings. The fourth-order valence-corrected chi connectivity index (χ4v) is 5.41. The maximum atomic E-state index is 12.2. The van der Waals surface area contributed by atoms with E-state index in [0.717, 1.165) is 30.7 Å². The highest BCUT2D eigenvalue weighted by Gasteiger charge is 2.50. The average Bonchev–Trinajstić information content (AvgIpc) is 2.41. The van der Waals surface area contributed by atoms with E-state index in [1.165, 1.54) is 38.5 Å². The van der Waals surface area contributed by atoms with Crippen LogP contribution in [0.4, 0.5) is 0 Å². The highest BCUT2D eigenvalue weighted by atomic mass is 16.2. The molecule has 0 aromatic rings. The summed E-state index contributed by atoms with van der Waals surface area (Å²) in [6.45, 7) is 5.03. The predicted molar refractivity (Wildman–Crippen MR) is 81.0 cm³/mol. The van der Waals surface area contributed by atoms with E-state index in [2.05, 4.69) is 19.2 Å². The largest absolute Gasteiger partial charge is 0.354 e. The van der Waals surface area contributed by atoms with Crippen LogP contribution in [0.5, 0.6) is 0 Å². The third-order valence-corrected chi connectivity index (χ3v) is 6.36. The zero-order valence-corrected chi connectivity index (χ0v) is 13.0. The lowest BCUT2D eigenvalue weighted by Gasteiger charge is -2.57. The van der Waals surface area contributed by atoms with Gasteiger partial charge in [-0.1, -0.05) is 20.3 Å². The van der Waals surface area contributed by atoms with Crippen LogP contribution in [0, 0.1) is 29.1 Å². The molecule has 0 saturated heterocycles. The lowest BCUT2D eigenvalue weighted by molar-refractivity contribution is -0.125. The Hall–Kier alpha value is -0.570. The van der Waals surface area contributed by atoms with Crippen LogP contribution in [-0.4, -0.2) is 18.5 Å². The van der Waals surface area contributed by atoms with Crippen molar-refractivity contribution >= 4 is 5.91 Å². The number of hydrogen-bond acceptors (Lipinski definition) is 2. The maximum Gasteiger partial charge on any atom is 0.237 e. The molecular formula is C17H30N2O. The molecule has 0 aliphatic heterocycles. The first-order valence-electron chi connectivity index (χ1n) is 8.54. The van der Waals surface area contributed by atoms with Gasteiger partial charge in [0, 0.05) is 6.54 Å². The second kappa shape index (κ2) is 5.32. The Morgan fingerprint density at radius 3 is 2.15 bits per heavy atom. The van der Waals surface area contributed by atoms with Crippen molar-refractivity contribution in [3.63, 3.8) is 0 Å². The number of amides is 1. The van der Waals surface area contributed by atoms with E-state index in [9.17, 15) is 4.79 Å². The summed E-state index contributed by atoms with van der Waals surface area (Å²) in [6.07, 6.45) is 9.37. The number of nitrogens with two attached hydrogens (primary N) is 1. The Morgan fingerprint density at radius 1 is 1.20 bits per heavy atom. The van der Waals surface area contributed by atoms with Gasteiger partial charge in [0.05, 0.1) is 6.04 Å². The van der Waals surface area contributed by atoms with Crippen molar-refractivity contribution in [3.8, 4) is 0 Å². The summed E-state index contributed by atoms with van der Waals surface area (Å²) in [4.78, 5) is 12.2. The second-order valence-electron chi connectivity index (χ2n) is 8.05. The van der Waals surface area contributed by atoms with Crippen molar-refractivity contribution in [2.45, 2.75) is 64.8 Å². The monoisotopic (exact) mass is 278 g/mol. The van der Waals surface area contributed by atoms with Gasteiger partial charge in [0.2, 0.25) is 5.91 Å². The van der Waals surface area contributed by atoms with Crippen molar-refractivity contribution in [1.82, 2.24) is 5.32 Å². The van der Waals surface area contributed by atoms with Gasteiger partial charge in [0.25, 0.3) is 0 Å². The molecule has 20 heavy (non-hydrogen) atoms. The summed E-state index contributed by atoms with van der Waals surface area (Å²) in [5.41, 5.74) is 6.45. The zero-order valence-electron chi connectivity index (χ0n) is 13.0.